The minimum atomic E-state index is -0.106. The average molecular weight is 288 g/mol. The molecule has 4 heteroatoms. The zero-order valence-electron chi connectivity index (χ0n) is 12.1. The van der Waals surface area contributed by atoms with Gasteiger partial charge in [0.1, 0.15) is 0 Å². The smallest absolute Gasteiger partial charge is 0.188 e. The van der Waals surface area contributed by atoms with E-state index in [2.05, 4.69) is 45.0 Å². The van der Waals surface area contributed by atoms with Crippen LogP contribution in [0.5, 0.6) is 0 Å². The van der Waals surface area contributed by atoms with Gasteiger partial charge >= 0.3 is 0 Å². The molecule has 2 aromatic rings. The van der Waals surface area contributed by atoms with Crippen LogP contribution in [-0.2, 0) is 5.41 Å². The number of hydrogen-bond donors (Lipinski definition) is 2. The van der Waals surface area contributed by atoms with E-state index in [1.165, 1.54) is 16.9 Å². The second-order valence-corrected chi connectivity index (χ2v) is 6.90. The lowest BCUT2D eigenvalue weighted by atomic mass is 9.86. The topological polar surface area (TPSA) is 69.1 Å². The van der Waals surface area contributed by atoms with E-state index in [4.69, 9.17) is 11.5 Å². The summed E-state index contributed by atoms with van der Waals surface area (Å²) in [6.07, 6.45) is 0. The highest BCUT2D eigenvalue weighted by Gasteiger charge is 2.16. The lowest BCUT2D eigenvalue weighted by Gasteiger charge is -2.18. The first kappa shape index (κ1) is 14.8. The molecule has 1 aromatic heterocycles. The van der Waals surface area contributed by atoms with E-state index in [9.17, 15) is 4.79 Å². The summed E-state index contributed by atoms with van der Waals surface area (Å²) in [6, 6.07) is 10.2. The van der Waals surface area contributed by atoms with Crippen LogP contribution in [0, 0.1) is 0 Å². The van der Waals surface area contributed by atoms with Crippen LogP contribution in [0.15, 0.2) is 30.3 Å². The number of nitrogens with two attached hydrogens (primary N) is 2. The van der Waals surface area contributed by atoms with E-state index in [0.717, 1.165) is 10.4 Å². The molecular weight excluding hydrogens is 268 g/mol. The SMILES string of the molecule is CC(C)(C)c1ccc(-c2cc(N)c(C(=O)CN)s2)cc1. The van der Waals surface area contributed by atoms with Crippen LogP contribution in [-0.4, -0.2) is 12.3 Å². The van der Waals surface area contributed by atoms with Crippen LogP contribution in [0.25, 0.3) is 10.4 Å². The zero-order valence-corrected chi connectivity index (χ0v) is 12.9. The standard InChI is InChI=1S/C16H20N2OS/c1-16(2,3)11-6-4-10(5-7-11)14-8-12(18)15(20-14)13(19)9-17/h4-8H,9,17-18H2,1-3H3. The van der Waals surface area contributed by atoms with Crippen molar-refractivity contribution in [2.45, 2.75) is 26.2 Å². The predicted molar refractivity (Wildman–Crippen MR) is 86.3 cm³/mol. The first-order chi connectivity index (χ1) is 9.32. The number of Topliss-reactive ketones (excluding diaryl/α,β-unsaturated/α-hetero) is 1. The van der Waals surface area contributed by atoms with Gasteiger partial charge in [-0.3, -0.25) is 4.79 Å². The number of ketones is 1. The fourth-order valence-electron chi connectivity index (χ4n) is 1.99. The second-order valence-electron chi connectivity index (χ2n) is 5.85. The fourth-order valence-corrected chi connectivity index (χ4v) is 3.03. The van der Waals surface area contributed by atoms with Crippen LogP contribution >= 0.6 is 11.3 Å². The molecule has 1 aromatic carbocycles. The normalized spacial score (nSPS) is 11.6. The van der Waals surface area contributed by atoms with Crippen LogP contribution in [0.4, 0.5) is 5.69 Å². The summed E-state index contributed by atoms with van der Waals surface area (Å²) in [7, 11) is 0. The summed E-state index contributed by atoms with van der Waals surface area (Å²) in [6.45, 7) is 6.54. The van der Waals surface area contributed by atoms with Crippen molar-refractivity contribution in [3.63, 3.8) is 0 Å². The fraction of sp³-hybridized carbons (Fsp3) is 0.312. The summed E-state index contributed by atoms with van der Waals surface area (Å²) in [5.74, 6) is -0.106. The highest BCUT2D eigenvalue weighted by Crippen LogP contribution is 2.34. The molecule has 0 saturated heterocycles. The molecule has 1 heterocycles. The number of carbonyl (C=O) groups excluding carboxylic acids is 1. The Morgan fingerprint density at radius 3 is 2.30 bits per heavy atom. The molecule has 20 heavy (non-hydrogen) atoms. The molecule has 0 saturated carbocycles. The molecule has 2 rings (SSSR count). The quantitative estimate of drug-likeness (QED) is 0.850. The van der Waals surface area contributed by atoms with Gasteiger partial charge in [0, 0.05) is 4.88 Å². The van der Waals surface area contributed by atoms with Gasteiger partial charge in [-0.2, -0.15) is 0 Å². The molecule has 0 atom stereocenters. The molecule has 0 unspecified atom stereocenters. The Labute approximate surface area is 123 Å². The van der Waals surface area contributed by atoms with Gasteiger partial charge in [-0.25, -0.2) is 0 Å². The first-order valence-corrected chi connectivity index (χ1v) is 7.38. The van der Waals surface area contributed by atoms with Crippen molar-refractivity contribution >= 4 is 22.8 Å². The molecule has 0 bridgehead atoms. The van der Waals surface area contributed by atoms with Gasteiger partial charge in [-0.05, 0) is 22.6 Å². The number of hydrogen-bond acceptors (Lipinski definition) is 4. The summed E-state index contributed by atoms with van der Waals surface area (Å²) in [5, 5.41) is 0. The van der Waals surface area contributed by atoms with Gasteiger partial charge in [-0.15, -0.1) is 11.3 Å². The van der Waals surface area contributed by atoms with E-state index < -0.39 is 0 Å². The number of benzene rings is 1. The minimum Gasteiger partial charge on any atom is -0.397 e. The summed E-state index contributed by atoms with van der Waals surface area (Å²) in [4.78, 5) is 13.2. The molecule has 106 valence electrons. The van der Waals surface area contributed by atoms with Crippen LogP contribution in [0.3, 0.4) is 0 Å². The van der Waals surface area contributed by atoms with Crippen molar-refractivity contribution in [3.8, 4) is 10.4 Å². The maximum atomic E-state index is 11.7. The lowest BCUT2D eigenvalue weighted by molar-refractivity contribution is 0.101. The largest absolute Gasteiger partial charge is 0.397 e. The molecule has 3 nitrogen and oxygen atoms in total. The Bertz CT molecular complexity index is 621. The van der Waals surface area contributed by atoms with Crippen molar-refractivity contribution < 1.29 is 4.79 Å². The van der Waals surface area contributed by atoms with Gasteiger partial charge < -0.3 is 11.5 Å². The Kier molecular flexibility index (Phi) is 3.97. The molecule has 0 radical (unpaired) electrons. The molecule has 0 aliphatic heterocycles. The monoisotopic (exact) mass is 288 g/mol. The molecule has 0 spiro atoms. The minimum absolute atomic E-state index is 0.00683. The number of anilines is 1. The van der Waals surface area contributed by atoms with Gasteiger partial charge in [0.2, 0.25) is 0 Å². The number of thiophene rings is 1. The first-order valence-electron chi connectivity index (χ1n) is 6.56. The number of nitrogen functional groups attached to an aromatic ring is 1. The summed E-state index contributed by atoms with van der Waals surface area (Å²) >= 11 is 1.40. The number of rotatable bonds is 3. The van der Waals surface area contributed by atoms with Gasteiger partial charge in [0.25, 0.3) is 0 Å². The lowest BCUT2D eigenvalue weighted by Crippen LogP contribution is -2.13. The maximum Gasteiger partial charge on any atom is 0.188 e. The highest BCUT2D eigenvalue weighted by atomic mass is 32.1. The third-order valence-electron chi connectivity index (χ3n) is 3.23. The Balaban J connectivity index is 2.35. The average Bonchev–Trinajstić information content (AvgIpc) is 2.79. The number of carbonyl (C=O) groups is 1. The maximum absolute atomic E-state index is 11.7. The summed E-state index contributed by atoms with van der Waals surface area (Å²) in [5.41, 5.74) is 14.3. The molecule has 0 aliphatic rings. The van der Waals surface area contributed by atoms with Crippen LogP contribution in [0.1, 0.15) is 36.0 Å². The van der Waals surface area contributed by atoms with Crippen molar-refractivity contribution in [2.75, 3.05) is 12.3 Å². The second kappa shape index (κ2) is 5.38. The summed E-state index contributed by atoms with van der Waals surface area (Å²) < 4.78 is 0. The molecule has 0 amide bonds. The Morgan fingerprint density at radius 1 is 1.20 bits per heavy atom. The van der Waals surface area contributed by atoms with Crippen LogP contribution in [0.2, 0.25) is 0 Å². The van der Waals surface area contributed by atoms with E-state index in [1.807, 2.05) is 6.07 Å². The molecule has 0 fully saturated rings. The van der Waals surface area contributed by atoms with Crippen molar-refractivity contribution in [3.05, 3.63) is 40.8 Å². The molecule has 4 N–H and O–H groups in total. The predicted octanol–water partition coefficient (Wildman–Crippen LogP) is 3.44. The van der Waals surface area contributed by atoms with E-state index >= 15 is 0 Å². The van der Waals surface area contributed by atoms with Crippen molar-refractivity contribution in [1.82, 2.24) is 0 Å². The van der Waals surface area contributed by atoms with Crippen molar-refractivity contribution in [1.29, 1.82) is 0 Å². The Morgan fingerprint density at radius 2 is 1.80 bits per heavy atom. The van der Waals surface area contributed by atoms with E-state index in [0.29, 0.717) is 10.6 Å². The third kappa shape index (κ3) is 2.92. The highest BCUT2D eigenvalue weighted by molar-refractivity contribution is 7.18. The van der Waals surface area contributed by atoms with Gasteiger partial charge in [0.15, 0.2) is 5.78 Å². The zero-order chi connectivity index (χ0) is 14.9. The van der Waals surface area contributed by atoms with Gasteiger partial charge in [0.05, 0.1) is 17.1 Å². The Hall–Kier alpha value is -1.65. The third-order valence-corrected chi connectivity index (χ3v) is 4.48. The molecule has 0 aliphatic carbocycles. The van der Waals surface area contributed by atoms with E-state index in [1.54, 1.807) is 0 Å². The van der Waals surface area contributed by atoms with Crippen molar-refractivity contribution in [2.24, 2.45) is 5.73 Å². The van der Waals surface area contributed by atoms with E-state index in [-0.39, 0.29) is 17.7 Å². The van der Waals surface area contributed by atoms with Crippen LogP contribution < -0.4 is 11.5 Å². The van der Waals surface area contributed by atoms with Gasteiger partial charge in [-0.1, -0.05) is 45.0 Å². The molecular formula is C16H20N2OS.